The Morgan fingerprint density at radius 2 is 1.65 bits per heavy atom. The average Bonchev–Trinajstić information content (AvgIpc) is 3.52. The summed E-state index contributed by atoms with van der Waals surface area (Å²) in [6, 6.07) is 20.9. The molecule has 49 heavy (non-hydrogen) atoms. The van der Waals surface area contributed by atoms with Crippen molar-refractivity contribution in [2.24, 2.45) is 0 Å². The molecule has 8 nitrogen and oxygen atoms in total. The van der Waals surface area contributed by atoms with Crippen LogP contribution in [0.3, 0.4) is 0 Å². The second kappa shape index (κ2) is 15.5. The number of hydrogen-bond acceptors (Lipinski definition) is 7. The van der Waals surface area contributed by atoms with Gasteiger partial charge in [0.1, 0.15) is 5.01 Å². The van der Waals surface area contributed by atoms with Crippen molar-refractivity contribution in [3.8, 4) is 11.1 Å². The molecule has 0 radical (unpaired) electrons. The van der Waals surface area contributed by atoms with E-state index in [-0.39, 0.29) is 18.0 Å². The number of carbonyl (C=O) groups excluding carboxylic acids is 2. The predicted octanol–water partition coefficient (Wildman–Crippen LogP) is 6.81. The molecule has 0 fully saturated rings. The van der Waals surface area contributed by atoms with E-state index in [1.807, 2.05) is 18.4 Å². The SMILES string of the molecule is Cc1csc(CN(C)C(=O)c2cccc(C(=O)NC(C)C(O)C(NCc3cc(-c4ccncc4)cc(C(F)(F)F)c3)c3ccccc3)c2)n1. The first kappa shape index (κ1) is 35.4. The topological polar surface area (TPSA) is 107 Å². The number of aromatic nitrogens is 2. The minimum absolute atomic E-state index is 0.00245. The number of nitrogens with one attached hydrogen (secondary N) is 2. The number of carbonyl (C=O) groups is 2. The van der Waals surface area contributed by atoms with Gasteiger partial charge in [-0.15, -0.1) is 11.3 Å². The fraction of sp³-hybridized carbons (Fsp3) is 0.243. The number of thiazole rings is 1. The van der Waals surface area contributed by atoms with Crippen LogP contribution in [0.5, 0.6) is 0 Å². The maximum atomic E-state index is 13.9. The van der Waals surface area contributed by atoms with Crippen LogP contribution < -0.4 is 10.6 Å². The van der Waals surface area contributed by atoms with Crippen LogP contribution in [0.1, 0.15) is 61.1 Å². The van der Waals surface area contributed by atoms with Crippen LogP contribution >= 0.6 is 11.3 Å². The molecule has 0 aliphatic carbocycles. The van der Waals surface area contributed by atoms with Gasteiger partial charge >= 0.3 is 6.18 Å². The minimum atomic E-state index is -4.56. The first-order valence-corrected chi connectivity index (χ1v) is 16.4. The Morgan fingerprint density at radius 1 is 0.939 bits per heavy atom. The number of aliphatic hydroxyl groups excluding tert-OH is 1. The third-order valence-corrected chi connectivity index (χ3v) is 8.94. The van der Waals surface area contributed by atoms with Gasteiger partial charge in [0.2, 0.25) is 0 Å². The van der Waals surface area contributed by atoms with Gasteiger partial charge in [-0.3, -0.25) is 14.6 Å². The van der Waals surface area contributed by atoms with Crippen LogP contribution in [0.2, 0.25) is 0 Å². The molecule has 2 heterocycles. The Labute approximate surface area is 286 Å². The normalized spacial score (nSPS) is 13.4. The van der Waals surface area contributed by atoms with Gasteiger partial charge in [-0.05, 0) is 84.6 Å². The molecule has 254 valence electrons. The zero-order valence-corrected chi connectivity index (χ0v) is 27.9. The summed E-state index contributed by atoms with van der Waals surface area (Å²) in [4.78, 5) is 36.4. The molecule has 0 saturated carbocycles. The van der Waals surface area contributed by atoms with Gasteiger partial charge in [0.25, 0.3) is 11.8 Å². The van der Waals surface area contributed by atoms with E-state index in [1.54, 1.807) is 74.6 Å². The molecular formula is C37H36F3N5O3S. The van der Waals surface area contributed by atoms with Gasteiger partial charge in [-0.25, -0.2) is 4.98 Å². The summed E-state index contributed by atoms with van der Waals surface area (Å²) < 4.78 is 41.7. The van der Waals surface area contributed by atoms with Crippen LogP contribution in [0.15, 0.2) is 103 Å². The van der Waals surface area contributed by atoms with Crippen LogP contribution in [-0.4, -0.2) is 51.0 Å². The van der Waals surface area contributed by atoms with Crippen molar-refractivity contribution in [3.63, 3.8) is 0 Å². The monoisotopic (exact) mass is 687 g/mol. The van der Waals surface area contributed by atoms with Crippen molar-refractivity contribution in [3.05, 3.63) is 141 Å². The van der Waals surface area contributed by atoms with Gasteiger partial charge in [-0.1, -0.05) is 36.4 Å². The second-order valence-electron chi connectivity index (χ2n) is 11.8. The highest BCUT2D eigenvalue weighted by Gasteiger charge is 2.32. The molecule has 2 amide bonds. The lowest BCUT2D eigenvalue weighted by atomic mass is 9.95. The summed E-state index contributed by atoms with van der Waals surface area (Å²) in [5.41, 5.74) is 2.67. The van der Waals surface area contributed by atoms with E-state index in [0.717, 1.165) is 22.8 Å². The number of pyridine rings is 1. The molecule has 5 rings (SSSR count). The Hall–Kier alpha value is -4.91. The summed E-state index contributed by atoms with van der Waals surface area (Å²) >= 11 is 1.47. The van der Waals surface area contributed by atoms with Crippen LogP contribution in [0.4, 0.5) is 13.2 Å². The summed E-state index contributed by atoms with van der Waals surface area (Å²) in [5, 5.41) is 20.3. The van der Waals surface area contributed by atoms with Gasteiger partial charge in [0.05, 0.1) is 30.3 Å². The Bertz CT molecular complexity index is 1890. The average molecular weight is 688 g/mol. The molecule has 0 bridgehead atoms. The number of halogens is 3. The van der Waals surface area contributed by atoms with E-state index in [1.165, 1.54) is 34.7 Å². The van der Waals surface area contributed by atoms with Crippen LogP contribution in [0.25, 0.3) is 11.1 Å². The number of benzene rings is 3. The molecule has 0 aliphatic rings. The lowest BCUT2D eigenvalue weighted by Crippen LogP contribution is -2.47. The van der Waals surface area contributed by atoms with Crippen molar-refractivity contribution >= 4 is 23.2 Å². The molecule has 0 saturated heterocycles. The van der Waals surface area contributed by atoms with Gasteiger partial charge in [0.15, 0.2) is 0 Å². The van der Waals surface area contributed by atoms with E-state index in [0.29, 0.717) is 34.4 Å². The number of rotatable bonds is 12. The highest BCUT2D eigenvalue weighted by molar-refractivity contribution is 7.09. The number of nitrogens with zero attached hydrogens (tertiary/aromatic N) is 3. The fourth-order valence-corrected chi connectivity index (χ4v) is 6.24. The third-order valence-electron chi connectivity index (χ3n) is 7.99. The first-order chi connectivity index (χ1) is 23.4. The van der Waals surface area contributed by atoms with E-state index >= 15 is 0 Å². The van der Waals surface area contributed by atoms with Gasteiger partial charge in [0, 0.05) is 48.2 Å². The van der Waals surface area contributed by atoms with E-state index in [9.17, 15) is 27.9 Å². The molecular weight excluding hydrogens is 652 g/mol. The summed E-state index contributed by atoms with van der Waals surface area (Å²) in [6.45, 7) is 3.86. The van der Waals surface area contributed by atoms with E-state index < -0.39 is 35.8 Å². The van der Waals surface area contributed by atoms with Crippen molar-refractivity contribution in [2.75, 3.05) is 7.05 Å². The highest BCUT2D eigenvalue weighted by atomic mass is 32.1. The smallest absolute Gasteiger partial charge is 0.389 e. The minimum Gasteiger partial charge on any atom is -0.389 e. The molecule has 3 aromatic carbocycles. The van der Waals surface area contributed by atoms with Crippen molar-refractivity contribution in [1.82, 2.24) is 25.5 Å². The first-order valence-electron chi connectivity index (χ1n) is 15.5. The molecule has 3 N–H and O–H groups in total. The fourth-order valence-electron chi connectivity index (χ4n) is 5.42. The summed E-state index contributed by atoms with van der Waals surface area (Å²) in [6.07, 6.45) is -2.72. The summed E-state index contributed by atoms with van der Waals surface area (Å²) in [7, 11) is 1.67. The number of aliphatic hydroxyl groups is 1. The van der Waals surface area contributed by atoms with Gasteiger partial charge in [-0.2, -0.15) is 13.2 Å². The number of hydrogen-bond donors (Lipinski definition) is 3. The lowest BCUT2D eigenvalue weighted by molar-refractivity contribution is -0.137. The molecule has 0 spiro atoms. The predicted molar refractivity (Wildman–Crippen MR) is 183 cm³/mol. The molecule has 3 unspecified atom stereocenters. The van der Waals surface area contributed by atoms with Crippen molar-refractivity contribution in [1.29, 1.82) is 0 Å². The molecule has 2 aromatic heterocycles. The summed E-state index contributed by atoms with van der Waals surface area (Å²) in [5.74, 6) is -0.767. The number of alkyl halides is 3. The third kappa shape index (κ3) is 9.17. The molecule has 0 aliphatic heterocycles. The second-order valence-corrected chi connectivity index (χ2v) is 12.7. The quantitative estimate of drug-likeness (QED) is 0.133. The zero-order chi connectivity index (χ0) is 35.1. The molecule has 3 atom stereocenters. The Morgan fingerprint density at radius 3 is 2.33 bits per heavy atom. The largest absolute Gasteiger partial charge is 0.416 e. The Balaban J connectivity index is 1.31. The maximum Gasteiger partial charge on any atom is 0.416 e. The standard InChI is InChI=1S/C37H36F3N5O3S/c1-23-22-49-32(43-23)21-45(3)36(48)29-11-7-10-28(18-29)35(47)44-24(2)34(46)33(27-8-5-4-6-9-27)42-20-25-16-30(26-12-14-41-15-13-26)19-31(17-25)37(38,39)40/h4-19,22,24,33-34,42,46H,20-21H2,1-3H3,(H,44,47). The number of aryl methyl sites for hydroxylation is 1. The van der Waals surface area contributed by atoms with Crippen LogP contribution in [-0.2, 0) is 19.3 Å². The van der Waals surface area contributed by atoms with E-state index in [2.05, 4.69) is 20.6 Å². The maximum absolute atomic E-state index is 13.9. The van der Waals surface area contributed by atoms with E-state index in [4.69, 9.17) is 0 Å². The Kier molecular flexibility index (Phi) is 11.2. The molecule has 5 aromatic rings. The molecule has 12 heteroatoms. The zero-order valence-electron chi connectivity index (χ0n) is 27.1. The van der Waals surface area contributed by atoms with Crippen LogP contribution in [0, 0.1) is 6.92 Å². The lowest BCUT2D eigenvalue weighted by Gasteiger charge is -2.30. The van der Waals surface area contributed by atoms with Crippen molar-refractivity contribution < 1.29 is 27.9 Å². The van der Waals surface area contributed by atoms with Crippen molar-refractivity contribution in [2.45, 2.75) is 51.3 Å². The number of amides is 2. The highest BCUT2D eigenvalue weighted by Crippen LogP contribution is 2.34. The van der Waals surface area contributed by atoms with Gasteiger partial charge < -0.3 is 20.6 Å².